The van der Waals surface area contributed by atoms with Gasteiger partial charge in [0.2, 0.25) is 5.91 Å². The van der Waals surface area contributed by atoms with E-state index in [-0.39, 0.29) is 12.2 Å². The van der Waals surface area contributed by atoms with E-state index in [1.807, 2.05) is 0 Å². The predicted octanol–water partition coefficient (Wildman–Crippen LogP) is -0.0559. The van der Waals surface area contributed by atoms with E-state index >= 15 is 0 Å². The number of phenolic OH excluding ortho intramolecular Hbond substituents is 1. The zero-order chi connectivity index (χ0) is 14.7. The van der Waals surface area contributed by atoms with E-state index in [0.29, 0.717) is 0 Å². The number of carboxylic acids is 1. The second kappa shape index (κ2) is 5.62. The molecular weight excluding hydrogens is 262 g/mol. The van der Waals surface area contributed by atoms with Crippen LogP contribution in [0.5, 0.6) is 5.75 Å². The van der Waals surface area contributed by atoms with Crippen molar-refractivity contribution in [1.29, 1.82) is 0 Å². The lowest BCUT2D eigenvalue weighted by atomic mass is 10.0. The molecule has 1 atom stereocenters. The van der Waals surface area contributed by atoms with Gasteiger partial charge in [-0.1, -0.05) is 0 Å². The van der Waals surface area contributed by atoms with Gasteiger partial charge in [-0.3, -0.25) is 9.59 Å². The summed E-state index contributed by atoms with van der Waals surface area (Å²) in [5.74, 6) is -1.52. The van der Waals surface area contributed by atoms with Crippen molar-refractivity contribution in [2.24, 2.45) is 5.73 Å². The Morgan fingerprint density at radius 1 is 1.40 bits per heavy atom. The third kappa shape index (κ3) is 3.07. The molecular formula is C13H15N3O4. The highest BCUT2D eigenvalue weighted by molar-refractivity contribution is 5.88. The fourth-order valence-corrected chi connectivity index (χ4v) is 1.96. The number of aromatic hydroxyl groups is 1. The van der Waals surface area contributed by atoms with Crippen molar-refractivity contribution in [3.05, 3.63) is 30.0 Å². The predicted molar refractivity (Wildman–Crippen MR) is 72.3 cm³/mol. The van der Waals surface area contributed by atoms with Crippen LogP contribution in [0.4, 0.5) is 0 Å². The minimum Gasteiger partial charge on any atom is -0.508 e. The molecule has 20 heavy (non-hydrogen) atoms. The fraction of sp³-hybridized carbons (Fsp3) is 0.231. The molecule has 0 saturated carbocycles. The van der Waals surface area contributed by atoms with Gasteiger partial charge in [0.05, 0.1) is 6.04 Å². The number of fused-ring (bicyclic) bond motifs is 1. The number of phenols is 1. The molecule has 0 aliphatic heterocycles. The van der Waals surface area contributed by atoms with E-state index in [1.165, 1.54) is 0 Å². The van der Waals surface area contributed by atoms with Crippen LogP contribution in [0, 0.1) is 0 Å². The molecule has 7 heteroatoms. The minimum absolute atomic E-state index is 0.127. The summed E-state index contributed by atoms with van der Waals surface area (Å²) in [4.78, 5) is 25.0. The number of aliphatic carboxylic acids is 1. The normalized spacial score (nSPS) is 12.2. The number of nitrogens with two attached hydrogens (primary N) is 1. The van der Waals surface area contributed by atoms with Crippen molar-refractivity contribution in [3.63, 3.8) is 0 Å². The number of amides is 1. The summed E-state index contributed by atoms with van der Waals surface area (Å²) in [6.45, 7) is -0.457. The van der Waals surface area contributed by atoms with Crippen molar-refractivity contribution in [1.82, 2.24) is 10.3 Å². The Morgan fingerprint density at radius 3 is 2.85 bits per heavy atom. The number of nitrogens with one attached hydrogen (secondary N) is 2. The number of hydrogen-bond donors (Lipinski definition) is 5. The topological polar surface area (TPSA) is 128 Å². The number of hydrogen-bond acceptors (Lipinski definition) is 4. The summed E-state index contributed by atoms with van der Waals surface area (Å²) in [6, 6.07) is 4.02. The van der Waals surface area contributed by atoms with Crippen LogP contribution < -0.4 is 11.1 Å². The number of benzene rings is 1. The molecule has 0 aliphatic rings. The van der Waals surface area contributed by atoms with Crippen LogP contribution in [-0.2, 0) is 16.0 Å². The first-order valence-electron chi connectivity index (χ1n) is 6.01. The molecule has 1 amide bonds. The lowest BCUT2D eigenvalue weighted by Gasteiger charge is -2.10. The standard InChI is InChI=1S/C13H15N3O4/c14-10(13(20)16-6-12(18)19)3-7-5-15-11-2-1-8(17)4-9(7)11/h1-2,4-5,10,15,17H,3,6,14H2,(H,16,20)(H,18,19). The molecule has 1 aromatic heterocycles. The summed E-state index contributed by atoms with van der Waals surface area (Å²) in [6.07, 6.45) is 1.96. The van der Waals surface area contributed by atoms with Crippen molar-refractivity contribution in [2.45, 2.75) is 12.5 Å². The highest BCUT2D eigenvalue weighted by Crippen LogP contribution is 2.23. The first-order chi connectivity index (χ1) is 9.47. The maximum absolute atomic E-state index is 11.6. The van der Waals surface area contributed by atoms with E-state index in [9.17, 15) is 14.7 Å². The molecule has 0 radical (unpaired) electrons. The van der Waals surface area contributed by atoms with E-state index in [1.54, 1.807) is 24.4 Å². The molecule has 2 rings (SSSR count). The van der Waals surface area contributed by atoms with E-state index in [2.05, 4.69) is 10.3 Å². The Morgan fingerprint density at radius 2 is 2.15 bits per heavy atom. The minimum atomic E-state index is -1.12. The Bertz CT molecular complexity index is 650. The van der Waals surface area contributed by atoms with Crippen LogP contribution in [0.15, 0.2) is 24.4 Å². The smallest absolute Gasteiger partial charge is 0.322 e. The van der Waals surface area contributed by atoms with Crippen molar-refractivity contribution < 1.29 is 19.8 Å². The number of aromatic nitrogens is 1. The van der Waals surface area contributed by atoms with Gasteiger partial charge in [-0.2, -0.15) is 0 Å². The van der Waals surface area contributed by atoms with Crippen molar-refractivity contribution >= 4 is 22.8 Å². The summed E-state index contributed by atoms with van der Waals surface area (Å²) in [7, 11) is 0. The van der Waals surface area contributed by atoms with Crippen molar-refractivity contribution in [2.75, 3.05) is 6.54 Å². The average Bonchev–Trinajstić information content (AvgIpc) is 2.78. The largest absolute Gasteiger partial charge is 0.508 e. The average molecular weight is 277 g/mol. The SMILES string of the molecule is NC(Cc1c[nH]c2ccc(O)cc12)C(=O)NCC(=O)O. The molecule has 0 fully saturated rings. The van der Waals surface area contributed by atoms with E-state index < -0.39 is 24.5 Å². The number of H-pyrrole nitrogens is 1. The van der Waals surface area contributed by atoms with Gasteiger partial charge >= 0.3 is 5.97 Å². The van der Waals surface area contributed by atoms with Gasteiger partial charge in [-0.15, -0.1) is 0 Å². The van der Waals surface area contributed by atoms with Gasteiger partial charge in [0, 0.05) is 17.1 Å². The summed E-state index contributed by atoms with van der Waals surface area (Å²) < 4.78 is 0. The van der Waals surface area contributed by atoms with Gasteiger partial charge in [0.25, 0.3) is 0 Å². The molecule has 1 aromatic carbocycles. The molecule has 0 spiro atoms. The van der Waals surface area contributed by atoms with Gasteiger partial charge < -0.3 is 26.2 Å². The maximum atomic E-state index is 11.6. The van der Waals surface area contributed by atoms with E-state index in [0.717, 1.165) is 16.5 Å². The first-order valence-corrected chi connectivity index (χ1v) is 6.01. The number of carbonyl (C=O) groups excluding carboxylic acids is 1. The van der Waals surface area contributed by atoms with Crippen LogP contribution in [0.25, 0.3) is 10.9 Å². The third-order valence-electron chi connectivity index (χ3n) is 2.94. The summed E-state index contributed by atoms with van der Waals surface area (Å²) >= 11 is 0. The molecule has 2 aromatic rings. The summed E-state index contributed by atoms with van der Waals surface area (Å²) in [5.41, 5.74) is 7.36. The zero-order valence-electron chi connectivity index (χ0n) is 10.6. The van der Waals surface area contributed by atoms with Crippen LogP contribution in [0.2, 0.25) is 0 Å². The first kappa shape index (κ1) is 13.9. The van der Waals surface area contributed by atoms with E-state index in [4.69, 9.17) is 10.8 Å². The fourth-order valence-electron chi connectivity index (χ4n) is 1.96. The second-order valence-corrected chi connectivity index (χ2v) is 4.47. The second-order valence-electron chi connectivity index (χ2n) is 4.47. The quantitative estimate of drug-likeness (QED) is 0.523. The molecule has 0 bridgehead atoms. The number of aromatic amines is 1. The lowest BCUT2D eigenvalue weighted by Crippen LogP contribution is -2.43. The zero-order valence-corrected chi connectivity index (χ0v) is 10.6. The highest BCUT2D eigenvalue weighted by Gasteiger charge is 2.16. The van der Waals surface area contributed by atoms with Gasteiger partial charge in [0.1, 0.15) is 12.3 Å². The molecule has 106 valence electrons. The number of carboxylic acid groups (broad SMARTS) is 1. The molecule has 7 nitrogen and oxygen atoms in total. The molecule has 1 unspecified atom stereocenters. The third-order valence-corrected chi connectivity index (χ3v) is 2.94. The summed E-state index contributed by atoms with van der Waals surface area (Å²) in [5, 5.41) is 21.0. The Labute approximate surface area is 114 Å². The molecule has 0 saturated heterocycles. The van der Waals surface area contributed by atoms with Crippen molar-refractivity contribution in [3.8, 4) is 5.75 Å². The Hall–Kier alpha value is -2.54. The van der Waals surface area contributed by atoms with Crippen LogP contribution >= 0.6 is 0 Å². The monoisotopic (exact) mass is 277 g/mol. The van der Waals surface area contributed by atoms with Gasteiger partial charge in [0.15, 0.2) is 0 Å². The number of carbonyl (C=O) groups is 2. The Balaban J connectivity index is 2.09. The molecule has 1 heterocycles. The maximum Gasteiger partial charge on any atom is 0.322 e. The lowest BCUT2D eigenvalue weighted by molar-refractivity contribution is -0.138. The molecule has 6 N–H and O–H groups in total. The highest BCUT2D eigenvalue weighted by atomic mass is 16.4. The van der Waals surface area contributed by atoms with Gasteiger partial charge in [-0.25, -0.2) is 0 Å². The van der Waals surface area contributed by atoms with Crippen LogP contribution in [0.3, 0.4) is 0 Å². The van der Waals surface area contributed by atoms with Crippen LogP contribution in [0.1, 0.15) is 5.56 Å². The van der Waals surface area contributed by atoms with Gasteiger partial charge in [-0.05, 0) is 30.2 Å². The Kier molecular flexibility index (Phi) is 3.90. The molecule has 0 aliphatic carbocycles. The van der Waals surface area contributed by atoms with Crippen LogP contribution in [-0.4, -0.2) is 39.7 Å². The number of rotatable bonds is 5.